The third kappa shape index (κ3) is 2.37. The van der Waals surface area contributed by atoms with Crippen molar-refractivity contribution in [2.75, 3.05) is 0 Å². The van der Waals surface area contributed by atoms with E-state index in [-0.39, 0.29) is 17.3 Å². The summed E-state index contributed by atoms with van der Waals surface area (Å²) in [5, 5.41) is 10.9. The number of rotatable bonds is 3. The predicted octanol–water partition coefficient (Wildman–Crippen LogP) is 4.71. The van der Waals surface area contributed by atoms with E-state index >= 15 is 0 Å². The molecule has 0 amide bonds. The molecule has 1 aromatic rings. The monoisotopic (exact) mass is 352 g/mol. The van der Waals surface area contributed by atoms with Crippen LogP contribution in [0, 0.1) is 29.0 Å². The van der Waals surface area contributed by atoms with Crippen molar-refractivity contribution in [2.45, 2.75) is 51.0 Å². The molecule has 0 heterocycles. The normalized spacial score (nSPS) is 38.7. The van der Waals surface area contributed by atoms with E-state index in [1.54, 1.807) is 6.07 Å². The number of benzene rings is 1. The summed E-state index contributed by atoms with van der Waals surface area (Å²) in [5.41, 5.74) is 1.01. The van der Waals surface area contributed by atoms with Gasteiger partial charge in [-0.15, -0.1) is 0 Å². The van der Waals surface area contributed by atoms with Gasteiger partial charge in [0.05, 0.1) is 10.6 Å². The van der Waals surface area contributed by atoms with Gasteiger partial charge in [-0.25, -0.2) is 4.39 Å². The van der Waals surface area contributed by atoms with Crippen LogP contribution >= 0.6 is 15.9 Å². The standard InChI is InChI=1S/C18H22BrFO/c19-17-14(2-1-3-15(17)20)7-16(21)18-8-11-4-12(9-18)6-13(5-11)10-18/h1-3,11-13,16,21H,4-10H2. The molecule has 4 saturated carbocycles. The second-order valence-corrected chi connectivity index (χ2v) is 8.51. The number of aliphatic hydroxyl groups excluding tert-OH is 1. The van der Waals surface area contributed by atoms with E-state index in [0.717, 1.165) is 23.3 Å². The number of hydrogen-bond acceptors (Lipinski definition) is 1. The van der Waals surface area contributed by atoms with Crippen molar-refractivity contribution in [3.05, 3.63) is 34.1 Å². The lowest BCUT2D eigenvalue weighted by molar-refractivity contribution is -0.119. The maximum absolute atomic E-state index is 13.7. The molecule has 5 rings (SSSR count). The van der Waals surface area contributed by atoms with Crippen molar-refractivity contribution in [1.82, 2.24) is 0 Å². The molecule has 4 fully saturated rings. The van der Waals surface area contributed by atoms with Crippen molar-refractivity contribution in [3.63, 3.8) is 0 Å². The fourth-order valence-electron chi connectivity index (χ4n) is 5.72. The maximum atomic E-state index is 13.7. The molecule has 0 saturated heterocycles. The average Bonchev–Trinajstić information content (AvgIpc) is 2.42. The van der Waals surface area contributed by atoms with E-state index in [4.69, 9.17) is 0 Å². The first-order valence-corrected chi connectivity index (χ1v) is 8.96. The lowest BCUT2D eigenvalue weighted by Gasteiger charge is -2.58. The third-order valence-corrected chi connectivity index (χ3v) is 7.13. The largest absolute Gasteiger partial charge is 0.392 e. The minimum absolute atomic E-state index is 0.112. The van der Waals surface area contributed by atoms with Gasteiger partial charge in [0.15, 0.2) is 0 Å². The molecule has 0 aliphatic heterocycles. The highest BCUT2D eigenvalue weighted by Gasteiger charge is 2.53. The first-order chi connectivity index (χ1) is 10.1. The minimum atomic E-state index is -0.330. The third-order valence-electron chi connectivity index (χ3n) is 6.24. The summed E-state index contributed by atoms with van der Waals surface area (Å²) in [6.45, 7) is 0. The van der Waals surface area contributed by atoms with E-state index in [2.05, 4.69) is 15.9 Å². The van der Waals surface area contributed by atoms with Crippen LogP contribution < -0.4 is 0 Å². The van der Waals surface area contributed by atoms with Crippen LogP contribution in [-0.2, 0) is 6.42 Å². The zero-order valence-electron chi connectivity index (χ0n) is 12.2. The SMILES string of the molecule is OC(Cc1cccc(F)c1Br)C12CC3CC(CC(C3)C1)C2. The van der Waals surface area contributed by atoms with Gasteiger partial charge in [0.25, 0.3) is 0 Å². The Morgan fingerprint density at radius 3 is 2.29 bits per heavy atom. The Morgan fingerprint density at radius 1 is 1.14 bits per heavy atom. The molecule has 1 atom stereocenters. The summed E-state index contributed by atoms with van der Waals surface area (Å²) in [6.07, 6.45) is 7.96. The fourth-order valence-corrected chi connectivity index (χ4v) is 6.14. The van der Waals surface area contributed by atoms with Gasteiger partial charge in [-0.05, 0) is 89.3 Å². The molecule has 0 spiro atoms. The van der Waals surface area contributed by atoms with Crippen LogP contribution in [-0.4, -0.2) is 11.2 Å². The Labute approximate surface area is 134 Å². The number of hydrogen-bond donors (Lipinski definition) is 1. The van der Waals surface area contributed by atoms with Gasteiger partial charge in [0.1, 0.15) is 5.82 Å². The van der Waals surface area contributed by atoms with Gasteiger partial charge in [-0.2, -0.15) is 0 Å². The molecule has 4 aliphatic rings. The second kappa shape index (κ2) is 5.06. The van der Waals surface area contributed by atoms with Crippen LogP contribution in [0.3, 0.4) is 0 Å². The Balaban J connectivity index is 1.57. The van der Waals surface area contributed by atoms with Crippen molar-refractivity contribution >= 4 is 15.9 Å². The number of halogens is 2. The topological polar surface area (TPSA) is 20.2 Å². The highest BCUT2D eigenvalue weighted by atomic mass is 79.9. The summed E-state index contributed by atoms with van der Waals surface area (Å²) in [4.78, 5) is 0. The molecule has 3 heteroatoms. The minimum Gasteiger partial charge on any atom is -0.392 e. The van der Waals surface area contributed by atoms with Crippen LogP contribution in [0.1, 0.15) is 44.1 Å². The lowest BCUT2D eigenvalue weighted by atomic mass is 9.48. The van der Waals surface area contributed by atoms with Crippen LogP contribution in [0.25, 0.3) is 0 Å². The van der Waals surface area contributed by atoms with Gasteiger partial charge in [0.2, 0.25) is 0 Å². The summed E-state index contributed by atoms with van der Waals surface area (Å²) >= 11 is 3.33. The summed E-state index contributed by atoms with van der Waals surface area (Å²) in [7, 11) is 0. The summed E-state index contributed by atoms with van der Waals surface area (Å²) < 4.78 is 14.2. The molecule has 0 radical (unpaired) electrons. The van der Waals surface area contributed by atoms with Gasteiger partial charge < -0.3 is 5.11 Å². The highest BCUT2D eigenvalue weighted by Crippen LogP contribution is 2.61. The highest BCUT2D eigenvalue weighted by molar-refractivity contribution is 9.10. The molecule has 0 aromatic heterocycles. The molecule has 1 aromatic carbocycles. The van der Waals surface area contributed by atoms with Crippen LogP contribution in [0.15, 0.2) is 22.7 Å². The predicted molar refractivity (Wildman–Crippen MR) is 84.4 cm³/mol. The lowest BCUT2D eigenvalue weighted by Crippen LogP contribution is -2.52. The van der Waals surface area contributed by atoms with Crippen molar-refractivity contribution in [1.29, 1.82) is 0 Å². The number of aliphatic hydroxyl groups is 1. The van der Waals surface area contributed by atoms with Crippen molar-refractivity contribution in [3.8, 4) is 0 Å². The van der Waals surface area contributed by atoms with Crippen LogP contribution in [0.2, 0.25) is 0 Å². The molecule has 114 valence electrons. The van der Waals surface area contributed by atoms with E-state index in [1.165, 1.54) is 44.6 Å². The quantitative estimate of drug-likeness (QED) is 0.835. The molecule has 1 N–H and O–H groups in total. The van der Waals surface area contributed by atoms with Crippen molar-refractivity contribution in [2.24, 2.45) is 23.2 Å². The zero-order valence-corrected chi connectivity index (χ0v) is 13.8. The van der Waals surface area contributed by atoms with E-state index in [1.807, 2.05) is 6.07 Å². The van der Waals surface area contributed by atoms with E-state index < -0.39 is 0 Å². The first-order valence-electron chi connectivity index (χ1n) is 8.17. The van der Waals surface area contributed by atoms with Gasteiger partial charge in [0, 0.05) is 6.42 Å². The van der Waals surface area contributed by atoms with Gasteiger partial charge in [-0.3, -0.25) is 0 Å². The Morgan fingerprint density at radius 2 is 1.71 bits per heavy atom. The molecular weight excluding hydrogens is 331 g/mol. The van der Waals surface area contributed by atoms with Gasteiger partial charge >= 0.3 is 0 Å². The molecule has 1 nitrogen and oxygen atoms in total. The first kappa shape index (κ1) is 14.2. The molecule has 4 aliphatic carbocycles. The van der Waals surface area contributed by atoms with Crippen LogP contribution in [0.5, 0.6) is 0 Å². The van der Waals surface area contributed by atoms with Gasteiger partial charge in [-0.1, -0.05) is 12.1 Å². The zero-order chi connectivity index (χ0) is 14.6. The molecule has 21 heavy (non-hydrogen) atoms. The van der Waals surface area contributed by atoms with E-state index in [0.29, 0.717) is 10.9 Å². The fraction of sp³-hybridized carbons (Fsp3) is 0.667. The average molecular weight is 353 g/mol. The summed E-state index contributed by atoms with van der Waals surface area (Å²) in [5.74, 6) is 2.27. The Bertz CT molecular complexity index is 521. The Kier molecular flexibility index (Phi) is 3.42. The second-order valence-electron chi connectivity index (χ2n) is 7.71. The van der Waals surface area contributed by atoms with E-state index in [9.17, 15) is 9.50 Å². The molecule has 4 bridgehead atoms. The van der Waals surface area contributed by atoms with Crippen LogP contribution in [0.4, 0.5) is 4.39 Å². The van der Waals surface area contributed by atoms with Crippen molar-refractivity contribution < 1.29 is 9.50 Å². The molecule has 1 unspecified atom stereocenters. The molecular formula is C18H22BrFO. The Hall–Kier alpha value is -0.410. The smallest absolute Gasteiger partial charge is 0.137 e. The maximum Gasteiger partial charge on any atom is 0.137 e. The summed E-state index contributed by atoms with van der Waals surface area (Å²) in [6, 6.07) is 5.13.